The maximum Gasteiger partial charge on any atom is 0.291 e. The molecule has 0 aliphatic carbocycles. The molecule has 1 amide bonds. The van der Waals surface area contributed by atoms with Gasteiger partial charge in [-0.25, -0.2) is 0 Å². The molecule has 0 atom stereocenters. The van der Waals surface area contributed by atoms with E-state index in [1.807, 2.05) is 13.0 Å². The Morgan fingerprint density at radius 3 is 2.52 bits per heavy atom. The summed E-state index contributed by atoms with van der Waals surface area (Å²) < 4.78 is 26.9. The van der Waals surface area contributed by atoms with Crippen molar-refractivity contribution in [3.63, 3.8) is 0 Å². The zero-order chi connectivity index (χ0) is 17.9. The molecule has 2 N–H and O–H groups in total. The van der Waals surface area contributed by atoms with Crippen molar-refractivity contribution in [3.05, 3.63) is 65.7 Å². The number of rotatable bonds is 5. The number of sulfonamides is 1. The highest BCUT2D eigenvalue weighted by Crippen LogP contribution is 2.23. The number of aryl methyl sites for hydroxylation is 1. The van der Waals surface area contributed by atoms with Crippen LogP contribution in [-0.4, -0.2) is 24.5 Å². The van der Waals surface area contributed by atoms with Gasteiger partial charge in [0.05, 0.1) is 0 Å². The van der Waals surface area contributed by atoms with Crippen LogP contribution in [0.2, 0.25) is 0 Å². The van der Waals surface area contributed by atoms with Crippen molar-refractivity contribution >= 4 is 38.1 Å². The first-order valence-corrected chi connectivity index (χ1v) is 9.53. The molecule has 0 aliphatic rings. The number of anilines is 2. The number of benzene rings is 2. The molecule has 0 fully saturated rings. The molecule has 9 heteroatoms. The van der Waals surface area contributed by atoms with Crippen LogP contribution >= 0.6 is 11.3 Å². The maximum absolute atomic E-state index is 12.4. The van der Waals surface area contributed by atoms with Crippen molar-refractivity contribution in [1.29, 1.82) is 0 Å². The molecule has 0 radical (unpaired) electrons. The summed E-state index contributed by atoms with van der Waals surface area (Å²) in [6.07, 6.45) is 0. The molecule has 1 aromatic heterocycles. The first kappa shape index (κ1) is 17.1. The van der Waals surface area contributed by atoms with Crippen LogP contribution in [0.3, 0.4) is 0 Å². The van der Waals surface area contributed by atoms with Crippen molar-refractivity contribution in [2.45, 2.75) is 11.3 Å². The van der Waals surface area contributed by atoms with Crippen molar-refractivity contribution in [2.24, 2.45) is 0 Å². The minimum absolute atomic E-state index is 0.110. The molecule has 3 aromatic rings. The van der Waals surface area contributed by atoms with Gasteiger partial charge in [0.15, 0.2) is 0 Å². The van der Waals surface area contributed by atoms with E-state index in [1.165, 1.54) is 0 Å². The highest BCUT2D eigenvalue weighted by Gasteiger charge is 2.21. The Balaban J connectivity index is 1.75. The number of carbonyl (C=O) groups is 1. The number of hydrogen-bond donors (Lipinski definition) is 2. The second-order valence-electron chi connectivity index (χ2n) is 5.17. The number of nitrogens with one attached hydrogen (secondary N) is 2. The fourth-order valence-electron chi connectivity index (χ4n) is 2.04. The lowest BCUT2D eigenvalue weighted by Crippen LogP contribution is -2.12. The fraction of sp³-hybridized carbons (Fsp3) is 0.0625. The average Bonchev–Trinajstić information content (AvgIpc) is 3.05. The van der Waals surface area contributed by atoms with Crippen LogP contribution in [0.15, 0.2) is 58.9 Å². The molecule has 7 nitrogen and oxygen atoms in total. The second kappa shape index (κ2) is 6.99. The Labute approximate surface area is 148 Å². The zero-order valence-electron chi connectivity index (χ0n) is 13.1. The Morgan fingerprint density at radius 2 is 1.80 bits per heavy atom. The zero-order valence-corrected chi connectivity index (χ0v) is 14.8. The highest BCUT2D eigenvalue weighted by atomic mass is 32.2. The molecule has 128 valence electrons. The number of carbonyl (C=O) groups excluding carboxylic acids is 1. The quantitative estimate of drug-likeness (QED) is 0.669. The minimum atomic E-state index is -3.87. The van der Waals surface area contributed by atoms with E-state index in [9.17, 15) is 13.2 Å². The van der Waals surface area contributed by atoms with Crippen LogP contribution in [-0.2, 0) is 10.0 Å². The molecule has 0 bridgehead atoms. The van der Waals surface area contributed by atoms with Gasteiger partial charge in [-0.2, -0.15) is 8.42 Å². The smallest absolute Gasteiger partial charge is 0.291 e. The van der Waals surface area contributed by atoms with E-state index >= 15 is 0 Å². The first-order valence-electron chi connectivity index (χ1n) is 7.23. The highest BCUT2D eigenvalue weighted by molar-refractivity contribution is 7.94. The average molecular weight is 374 g/mol. The Morgan fingerprint density at radius 1 is 1.04 bits per heavy atom. The van der Waals surface area contributed by atoms with Gasteiger partial charge < -0.3 is 0 Å². The molecule has 2 aromatic carbocycles. The predicted molar refractivity (Wildman–Crippen MR) is 96.3 cm³/mol. The number of amides is 1. The molecule has 0 unspecified atom stereocenters. The third kappa shape index (κ3) is 4.20. The van der Waals surface area contributed by atoms with E-state index in [0.29, 0.717) is 11.3 Å². The summed E-state index contributed by atoms with van der Waals surface area (Å²) in [5.41, 5.74) is 1.80. The summed E-state index contributed by atoms with van der Waals surface area (Å²) >= 11 is 0.782. The van der Waals surface area contributed by atoms with E-state index in [-0.39, 0.29) is 15.4 Å². The Kier molecular flexibility index (Phi) is 4.77. The molecule has 0 aliphatic heterocycles. The summed E-state index contributed by atoms with van der Waals surface area (Å²) in [6.45, 7) is 1.86. The van der Waals surface area contributed by atoms with Gasteiger partial charge >= 0.3 is 0 Å². The van der Waals surface area contributed by atoms with Gasteiger partial charge in [0.1, 0.15) is 0 Å². The van der Waals surface area contributed by atoms with Gasteiger partial charge in [-0.05, 0) is 36.8 Å². The van der Waals surface area contributed by atoms with Crippen molar-refractivity contribution in [3.8, 4) is 0 Å². The van der Waals surface area contributed by atoms with Crippen LogP contribution in [0.1, 0.15) is 15.9 Å². The monoisotopic (exact) mass is 374 g/mol. The lowest BCUT2D eigenvalue weighted by Gasteiger charge is -2.05. The van der Waals surface area contributed by atoms with E-state index in [0.717, 1.165) is 16.9 Å². The normalized spacial score (nSPS) is 11.1. The molecular formula is C16H14N4O3S2. The van der Waals surface area contributed by atoms with Gasteiger partial charge in [0.2, 0.25) is 5.13 Å². The van der Waals surface area contributed by atoms with Gasteiger partial charge in [-0.15, -0.1) is 10.2 Å². The van der Waals surface area contributed by atoms with Crippen molar-refractivity contribution in [2.75, 3.05) is 10.0 Å². The summed E-state index contributed by atoms with van der Waals surface area (Å²) in [4.78, 5) is 12.1. The van der Waals surface area contributed by atoms with Gasteiger partial charge in [0, 0.05) is 11.3 Å². The van der Waals surface area contributed by atoms with Crippen molar-refractivity contribution < 1.29 is 13.2 Å². The summed E-state index contributed by atoms with van der Waals surface area (Å²) in [6, 6.07) is 15.5. The summed E-state index contributed by atoms with van der Waals surface area (Å²) in [5.74, 6) is -0.382. The lowest BCUT2D eigenvalue weighted by atomic mass is 10.2. The van der Waals surface area contributed by atoms with Crippen LogP contribution < -0.4 is 10.0 Å². The standard InChI is InChI=1S/C16H14N4O3S2/c1-11-6-5-9-13(10-11)20-25(22,23)16-19-18-15(24-16)17-14(21)12-7-3-2-4-8-12/h2-10,20H,1H3,(H,17,18,21). The van der Waals surface area contributed by atoms with Gasteiger partial charge in [-0.3, -0.25) is 14.8 Å². The van der Waals surface area contributed by atoms with E-state index < -0.39 is 10.0 Å². The molecule has 0 saturated carbocycles. The molecule has 0 spiro atoms. The lowest BCUT2D eigenvalue weighted by molar-refractivity contribution is 0.102. The second-order valence-corrected chi connectivity index (χ2v) is 8.00. The third-order valence-corrected chi connectivity index (χ3v) is 5.75. The molecule has 1 heterocycles. The topological polar surface area (TPSA) is 101 Å². The Bertz CT molecular complexity index is 1000. The fourth-order valence-corrected chi connectivity index (χ4v) is 3.98. The summed E-state index contributed by atoms with van der Waals surface area (Å²) in [7, 11) is -3.87. The largest absolute Gasteiger partial charge is 0.296 e. The van der Waals surface area contributed by atoms with Crippen LogP contribution in [0.4, 0.5) is 10.8 Å². The van der Waals surface area contributed by atoms with E-state index in [2.05, 4.69) is 20.2 Å². The third-order valence-electron chi connectivity index (χ3n) is 3.16. The van der Waals surface area contributed by atoms with E-state index in [4.69, 9.17) is 0 Å². The molecule has 25 heavy (non-hydrogen) atoms. The number of hydrogen-bond acceptors (Lipinski definition) is 6. The van der Waals surface area contributed by atoms with Crippen LogP contribution in [0, 0.1) is 6.92 Å². The molecular weight excluding hydrogens is 360 g/mol. The van der Waals surface area contributed by atoms with Crippen LogP contribution in [0.5, 0.6) is 0 Å². The summed E-state index contributed by atoms with van der Waals surface area (Å²) in [5, 5.41) is 10.0. The number of aromatic nitrogens is 2. The van der Waals surface area contributed by atoms with Gasteiger partial charge in [0.25, 0.3) is 20.3 Å². The molecule has 3 rings (SSSR count). The van der Waals surface area contributed by atoms with Crippen molar-refractivity contribution in [1.82, 2.24) is 10.2 Å². The Hall–Kier alpha value is -2.78. The molecule has 0 saturated heterocycles. The minimum Gasteiger partial charge on any atom is -0.296 e. The number of nitrogens with zero attached hydrogens (tertiary/aromatic N) is 2. The maximum atomic E-state index is 12.4. The SMILES string of the molecule is Cc1cccc(NS(=O)(=O)c2nnc(NC(=O)c3ccccc3)s2)c1. The first-order chi connectivity index (χ1) is 11.9. The predicted octanol–water partition coefficient (Wildman–Crippen LogP) is 2.90. The van der Waals surface area contributed by atoms with E-state index in [1.54, 1.807) is 48.5 Å². The van der Waals surface area contributed by atoms with Crippen LogP contribution in [0.25, 0.3) is 0 Å². The van der Waals surface area contributed by atoms with Gasteiger partial charge in [-0.1, -0.05) is 41.7 Å².